The van der Waals surface area contributed by atoms with Crippen molar-refractivity contribution in [2.24, 2.45) is 0 Å². The largest absolute Gasteiger partial charge is 0.456 e. The first-order chi connectivity index (χ1) is 6.94. The summed E-state index contributed by atoms with van der Waals surface area (Å²) in [6.07, 6.45) is 0. The van der Waals surface area contributed by atoms with Crippen LogP contribution in [0.4, 0.5) is 4.39 Å². The quantitative estimate of drug-likeness (QED) is 0.701. The van der Waals surface area contributed by atoms with Gasteiger partial charge in [0.25, 0.3) is 0 Å². The minimum absolute atomic E-state index is 0.301. The Morgan fingerprint density at radius 3 is 2.47 bits per heavy atom. The van der Waals surface area contributed by atoms with E-state index in [0.29, 0.717) is 11.1 Å². The van der Waals surface area contributed by atoms with E-state index in [2.05, 4.69) is 0 Å². The molecule has 0 heterocycles. The summed E-state index contributed by atoms with van der Waals surface area (Å²) in [4.78, 5) is 11.7. The average molecular weight is 210 g/mol. The van der Waals surface area contributed by atoms with Crippen LogP contribution in [0.15, 0.2) is 24.3 Å². The number of hydrogen-bond acceptors (Lipinski definition) is 2. The summed E-state index contributed by atoms with van der Waals surface area (Å²) in [6.45, 7) is 4.68. The van der Waals surface area contributed by atoms with Crippen molar-refractivity contribution in [3.8, 4) is 0 Å². The Morgan fingerprint density at radius 2 is 1.93 bits per heavy atom. The molecule has 0 atom stereocenters. The van der Waals surface area contributed by atoms with E-state index in [1.54, 1.807) is 45.0 Å². The number of carbonyl (C=O) groups is 1. The van der Waals surface area contributed by atoms with E-state index < -0.39 is 18.2 Å². The van der Waals surface area contributed by atoms with Gasteiger partial charge in [0.1, 0.15) is 12.3 Å². The van der Waals surface area contributed by atoms with Crippen molar-refractivity contribution in [2.45, 2.75) is 33.0 Å². The molecule has 3 heteroatoms. The fourth-order valence-corrected chi connectivity index (χ4v) is 1.17. The minimum atomic E-state index is -0.657. The Hall–Kier alpha value is -1.38. The standard InChI is InChI=1S/C12H15FO2/c1-12(2,3)15-11(14)10-7-5-4-6-9(10)8-13/h4-7H,8H2,1-3H3. The van der Waals surface area contributed by atoms with Crippen LogP contribution in [0.5, 0.6) is 0 Å². The lowest BCUT2D eigenvalue weighted by atomic mass is 10.1. The maximum Gasteiger partial charge on any atom is 0.339 e. The maximum absolute atomic E-state index is 12.6. The number of rotatable bonds is 2. The van der Waals surface area contributed by atoms with Crippen LogP contribution in [-0.2, 0) is 11.4 Å². The van der Waals surface area contributed by atoms with Crippen molar-refractivity contribution < 1.29 is 13.9 Å². The number of halogens is 1. The average Bonchev–Trinajstić information content (AvgIpc) is 2.15. The third kappa shape index (κ3) is 3.35. The van der Waals surface area contributed by atoms with Gasteiger partial charge in [0, 0.05) is 0 Å². The van der Waals surface area contributed by atoms with Gasteiger partial charge in [0.05, 0.1) is 5.56 Å². The number of esters is 1. The summed E-state index contributed by atoms with van der Waals surface area (Å²) in [5.74, 6) is -0.476. The Morgan fingerprint density at radius 1 is 1.33 bits per heavy atom. The zero-order chi connectivity index (χ0) is 11.5. The van der Waals surface area contributed by atoms with E-state index in [9.17, 15) is 9.18 Å². The zero-order valence-electron chi connectivity index (χ0n) is 9.21. The van der Waals surface area contributed by atoms with E-state index in [0.717, 1.165) is 0 Å². The van der Waals surface area contributed by atoms with Gasteiger partial charge in [-0.15, -0.1) is 0 Å². The highest BCUT2D eigenvalue weighted by molar-refractivity contribution is 5.91. The van der Waals surface area contributed by atoms with Gasteiger partial charge in [0.2, 0.25) is 0 Å². The first-order valence-electron chi connectivity index (χ1n) is 4.81. The fourth-order valence-electron chi connectivity index (χ4n) is 1.17. The molecule has 1 aromatic rings. The molecule has 0 bridgehead atoms. The molecule has 0 aliphatic carbocycles. The molecule has 0 saturated carbocycles. The van der Waals surface area contributed by atoms with Gasteiger partial charge in [0.15, 0.2) is 0 Å². The molecule has 82 valence electrons. The van der Waals surface area contributed by atoms with Crippen LogP contribution in [0.2, 0.25) is 0 Å². The molecule has 0 radical (unpaired) electrons. The fraction of sp³-hybridized carbons (Fsp3) is 0.417. The molecular weight excluding hydrogens is 195 g/mol. The molecule has 2 nitrogen and oxygen atoms in total. The van der Waals surface area contributed by atoms with Crippen LogP contribution >= 0.6 is 0 Å². The molecule has 0 aliphatic rings. The first-order valence-corrected chi connectivity index (χ1v) is 4.81. The molecule has 0 aromatic heterocycles. The SMILES string of the molecule is CC(C)(C)OC(=O)c1ccccc1CF. The molecule has 0 unspecified atom stereocenters. The molecule has 1 rings (SSSR count). The van der Waals surface area contributed by atoms with Crippen LogP contribution in [0.1, 0.15) is 36.7 Å². The summed E-state index contributed by atoms with van der Waals surface area (Å²) in [5.41, 5.74) is 0.113. The molecule has 0 fully saturated rings. The Labute approximate surface area is 89.1 Å². The van der Waals surface area contributed by atoms with Gasteiger partial charge in [-0.1, -0.05) is 18.2 Å². The first kappa shape index (κ1) is 11.7. The van der Waals surface area contributed by atoms with Gasteiger partial charge in [-0.3, -0.25) is 0 Å². The van der Waals surface area contributed by atoms with Crippen molar-refractivity contribution in [1.29, 1.82) is 0 Å². The second-order valence-corrected chi connectivity index (χ2v) is 4.29. The number of carbonyl (C=O) groups excluding carboxylic acids is 1. The predicted molar refractivity (Wildman–Crippen MR) is 56.4 cm³/mol. The van der Waals surface area contributed by atoms with Crippen molar-refractivity contribution in [2.75, 3.05) is 0 Å². The summed E-state index contributed by atoms with van der Waals surface area (Å²) in [5, 5.41) is 0. The van der Waals surface area contributed by atoms with Gasteiger partial charge in [-0.2, -0.15) is 0 Å². The van der Waals surface area contributed by atoms with Gasteiger partial charge in [-0.05, 0) is 32.4 Å². The van der Waals surface area contributed by atoms with E-state index in [-0.39, 0.29) is 0 Å². The van der Waals surface area contributed by atoms with E-state index in [4.69, 9.17) is 4.74 Å². The molecule has 0 spiro atoms. The highest BCUT2D eigenvalue weighted by Crippen LogP contribution is 2.16. The van der Waals surface area contributed by atoms with Gasteiger partial charge < -0.3 is 4.74 Å². The molecule has 0 saturated heterocycles. The number of hydrogen-bond donors (Lipinski definition) is 0. The van der Waals surface area contributed by atoms with Gasteiger partial charge >= 0.3 is 5.97 Å². The normalized spacial score (nSPS) is 11.2. The van der Waals surface area contributed by atoms with Crippen molar-refractivity contribution in [3.63, 3.8) is 0 Å². The highest BCUT2D eigenvalue weighted by Gasteiger charge is 2.19. The number of benzene rings is 1. The van der Waals surface area contributed by atoms with Crippen molar-refractivity contribution in [1.82, 2.24) is 0 Å². The second kappa shape index (κ2) is 4.43. The number of alkyl halides is 1. The molecule has 0 N–H and O–H groups in total. The lowest BCUT2D eigenvalue weighted by Crippen LogP contribution is -2.24. The van der Waals surface area contributed by atoms with Crippen LogP contribution in [-0.4, -0.2) is 11.6 Å². The monoisotopic (exact) mass is 210 g/mol. The Balaban J connectivity index is 2.91. The lowest BCUT2D eigenvalue weighted by Gasteiger charge is -2.20. The molecular formula is C12H15FO2. The van der Waals surface area contributed by atoms with E-state index in [1.807, 2.05) is 0 Å². The number of ether oxygens (including phenoxy) is 1. The van der Waals surface area contributed by atoms with E-state index in [1.165, 1.54) is 0 Å². The summed E-state index contributed by atoms with van der Waals surface area (Å²) >= 11 is 0. The Bertz CT molecular complexity index is 353. The van der Waals surface area contributed by atoms with E-state index >= 15 is 0 Å². The van der Waals surface area contributed by atoms with Crippen LogP contribution < -0.4 is 0 Å². The minimum Gasteiger partial charge on any atom is -0.456 e. The maximum atomic E-state index is 12.6. The van der Waals surface area contributed by atoms with Crippen molar-refractivity contribution >= 4 is 5.97 Å². The smallest absolute Gasteiger partial charge is 0.339 e. The summed E-state index contributed by atoms with van der Waals surface area (Å²) < 4.78 is 17.7. The van der Waals surface area contributed by atoms with Crippen LogP contribution in [0.3, 0.4) is 0 Å². The van der Waals surface area contributed by atoms with Crippen LogP contribution in [0, 0.1) is 0 Å². The summed E-state index contributed by atoms with van der Waals surface area (Å²) in [7, 11) is 0. The van der Waals surface area contributed by atoms with Crippen molar-refractivity contribution in [3.05, 3.63) is 35.4 Å². The Kier molecular flexibility index (Phi) is 3.45. The zero-order valence-corrected chi connectivity index (χ0v) is 9.21. The topological polar surface area (TPSA) is 26.3 Å². The van der Waals surface area contributed by atoms with Crippen LogP contribution in [0.25, 0.3) is 0 Å². The lowest BCUT2D eigenvalue weighted by molar-refractivity contribution is 0.00676. The molecule has 0 aliphatic heterocycles. The second-order valence-electron chi connectivity index (χ2n) is 4.29. The highest BCUT2D eigenvalue weighted by atomic mass is 19.1. The molecule has 0 amide bonds. The summed E-state index contributed by atoms with van der Waals surface area (Å²) in [6, 6.07) is 6.55. The van der Waals surface area contributed by atoms with Gasteiger partial charge in [-0.25, -0.2) is 9.18 Å². The predicted octanol–water partition coefficient (Wildman–Crippen LogP) is 3.11. The molecule has 1 aromatic carbocycles. The third-order valence-corrected chi connectivity index (χ3v) is 1.78. The third-order valence-electron chi connectivity index (χ3n) is 1.78. The molecule has 15 heavy (non-hydrogen) atoms.